The van der Waals surface area contributed by atoms with Gasteiger partial charge in [0, 0.05) is 4.47 Å². The zero-order valence-corrected chi connectivity index (χ0v) is 40.1. The molecular formula is C48H57BrCl2F6Zr. The molecule has 3 aliphatic carbocycles. The maximum atomic E-state index is 12.4. The number of benzene rings is 4. The summed E-state index contributed by atoms with van der Waals surface area (Å²) in [6.45, 7) is 11.0. The fraction of sp³-hybridized carbons (Fsp3) is 0.375. The molecule has 7 rings (SSSR count). The van der Waals surface area contributed by atoms with Crippen LogP contribution in [0.1, 0.15) is 116 Å². The third kappa shape index (κ3) is 19.1. The van der Waals surface area contributed by atoms with Gasteiger partial charge in [0.15, 0.2) is 0 Å². The van der Waals surface area contributed by atoms with Crippen LogP contribution >= 0.6 is 33.0 Å². The Balaban J connectivity index is 0.000000376. The van der Waals surface area contributed by atoms with Crippen molar-refractivity contribution < 1.29 is 47.2 Å². The van der Waals surface area contributed by atoms with Gasteiger partial charge in [0.25, 0.3) is 0 Å². The van der Waals surface area contributed by atoms with Gasteiger partial charge in [-0.3, -0.25) is 0 Å². The zero-order chi connectivity index (χ0) is 41.5. The van der Waals surface area contributed by atoms with Crippen LogP contribution in [0.15, 0.2) is 119 Å². The molecule has 0 aliphatic heterocycles. The van der Waals surface area contributed by atoms with Crippen LogP contribution in [0.4, 0.5) is 26.3 Å². The fourth-order valence-electron chi connectivity index (χ4n) is 7.07. The van der Waals surface area contributed by atoms with E-state index in [0.717, 1.165) is 48.8 Å². The summed E-state index contributed by atoms with van der Waals surface area (Å²) < 4.78 is 73.4. The Bertz CT molecular complexity index is 1800. The van der Waals surface area contributed by atoms with Gasteiger partial charge in [-0.1, -0.05) is 132 Å². The molecule has 0 N–H and O–H groups in total. The first-order valence-corrected chi connectivity index (χ1v) is 26.0. The zero-order valence-electron chi connectivity index (χ0n) is 34.6. The number of aryl methyl sites for hydroxylation is 2. The van der Waals surface area contributed by atoms with Gasteiger partial charge in [-0.2, -0.15) is 26.3 Å². The first kappa shape index (κ1) is 53.9. The van der Waals surface area contributed by atoms with Gasteiger partial charge >= 0.3 is 50.2 Å². The van der Waals surface area contributed by atoms with E-state index in [1.165, 1.54) is 77.8 Å². The number of halogens is 9. The number of rotatable bonds is 3. The van der Waals surface area contributed by atoms with Crippen molar-refractivity contribution >= 4 is 38.5 Å². The molecule has 316 valence electrons. The topological polar surface area (TPSA) is 0 Å². The van der Waals surface area contributed by atoms with Gasteiger partial charge in [0.1, 0.15) is 0 Å². The predicted molar refractivity (Wildman–Crippen MR) is 235 cm³/mol. The Kier molecular flexibility index (Phi) is 24.4. The SMILES string of the molecule is CC1=CC=C(c2ccc(C)cc2)C1.CC1CCC(c2ccc(C(F)(F)F)cc2)C1.Cc1ccc(C2CCC(C)C2)cc1.FC(F)(F)c1ccc(Br)cc1.[CH3-].[CH3-].[Cl][Zr+2][Cl]. The van der Waals surface area contributed by atoms with Crippen LogP contribution in [0.2, 0.25) is 0 Å². The third-order valence-electron chi connectivity index (χ3n) is 10.3. The van der Waals surface area contributed by atoms with Crippen LogP contribution in [-0.2, 0) is 33.2 Å². The first-order chi connectivity index (χ1) is 26.4. The summed E-state index contributed by atoms with van der Waals surface area (Å²) >= 11 is 2.22. The van der Waals surface area contributed by atoms with E-state index in [1.807, 2.05) is 0 Å². The quantitative estimate of drug-likeness (QED) is 0.142. The normalized spacial score (nSPS) is 19.3. The average Bonchev–Trinajstić information content (AvgIpc) is 3.91. The molecule has 0 spiro atoms. The van der Waals surface area contributed by atoms with Crippen molar-refractivity contribution in [1.29, 1.82) is 0 Å². The molecule has 4 unspecified atom stereocenters. The van der Waals surface area contributed by atoms with Crippen LogP contribution < -0.4 is 0 Å². The van der Waals surface area contributed by atoms with E-state index >= 15 is 0 Å². The maximum absolute atomic E-state index is 12.4. The number of hydrogen-bond donors (Lipinski definition) is 0. The molecule has 2 saturated carbocycles. The van der Waals surface area contributed by atoms with Crippen LogP contribution in [0.25, 0.3) is 5.57 Å². The summed E-state index contributed by atoms with van der Waals surface area (Å²) in [7, 11) is 9.87. The molecule has 0 heterocycles. The van der Waals surface area contributed by atoms with E-state index in [4.69, 9.17) is 17.0 Å². The Labute approximate surface area is 371 Å². The van der Waals surface area contributed by atoms with Crippen molar-refractivity contribution in [2.24, 2.45) is 11.8 Å². The second-order valence-corrected chi connectivity index (χ2v) is 19.7. The summed E-state index contributed by atoms with van der Waals surface area (Å²) in [4.78, 5) is 0. The molecule has 2 fully saturated rings. The molecule has 10 heteroatoms. The van der Waals surface area contributed by atoms with E-state index < -0.39 is 44.3 Å². The summed E-state index contributed by atoms with van der Waals surface area (Å²) in [5, 5.41) is 0. The molecule has 3 aliphatic rings. The van der Waals surface area contributed by atoms with Crippen LogP contribution in [0.3, 0.4) is 0 Å². The molecule has 0 bridgehead atoms. The molecule has 0 radical (unpaired) electrons. The van der Waals surface area contributed by atoms with E-state index in [-0.39, 0.29) is 14.9 Å². The van der Waals surface area contributed by atoms with Gasteiger partial charge in [-0.15, -0.1) is 0 Å². The average molecular weight is 990 g/mol. The fourth-order valence-corrected chi connectivity index (χ4v) is 7.33. The van der Waals surface area contributed by atoms with Crippen LogP contribution in [0.5, 0.6) is 0 Å². The van der Waals surface area contributed by atoms with Crippen LogP contribution in [-0.4, -0.2) is 0 Å². The molecule has 0 saturated heterocycles. The van der Waals surface area contributed by atoms with Crippen molar-refractivity contribution in [3.63, 3.8) is 0 Å². The van der Waals surface area contributed by atoms with E-state index in [0.29, 0.717) is 16.3 Å². The predicted octanol–water partition coefficient (Wildman–Crippen LogP) is 18.0. The molecular weight excluding hydrogens is 933 g/mol. The van der Waals surface area contributed by atoms with Gasteiger partial charge in [-0.25, -0.2) is 0 Å². The second kappa shape index (κ2) is 26.3. The Hall–Kier alpha value is -2.12. The standard InChI is InChI=1S/C13H15F3.C13H18.C13H14.C7H4BrF3.2CH3.2ClH.Zr/c1-9-2-3-11(8-9)10-4-6-12(7-5-10)13(14,15)16;2*1-10-3-6-12(7-4-10)13-8-5-11(2)9-13;8-6-3-1-5(2-4-6)7(9,10)11;;;;;/h4-7,9,11H,2-3,8H2,1H3;3-4,6-7,11,13H,5,8-9H2,1-2H3;3-8H,9H2,1-2H3;1-4H;2*1H3;2*1H;/q;;;;2*-1;;;+4/p-2. The monoisotopic (exact) mass is 986 g/mol. The molecule has 0 nitrogen and oxygen atoms in total. The summed E-state index contributed by atoms with van der Waals surface area (Å²) in [5.74, 6) is 2.94. The van der Waals surface area contributed by atoms with E-state index in [9.17, 15) is 26.3 Å². The minimum absolute atomic E-state index is 0. The van der Waals surface area contributed by atoms with Crippen molar-refractivity contribution in [1.82, 2.24) is 0 Å². The van der Waals surface area contributed by atoms with Crippen molar-refractivity contribution in [3.05, 3.63) is 173 Å². The van der Waals surface area contributed by atoms with Gasteiger partial charge in [0.05, 0.1) is 11.1 Å². The van der Waals surface area contributed by atoms with Crippen LogP contribution in [0, 0.1) is 40.5 Å². The van der Waals surface area contributed by atoms with Gasteiger partial charge < -0.3 is 14.9 Å². The third-order valence-corrected chi connectivity index (χ3v) is 10.8. The number of hydrogen-bond acceptors (Lipinski definition) is 0. The Morgan fingerprint density at radius 1 is 0.552 bits per heavy atom. The molecule has 0 aromatic heterocycles. The first-order valence-electron chi connectivity index (χ1n) is 18.9. The molecule has 4 aromatic rings. The summed E-state index contributed by atoms with van der Waals surface area (Å²) in [6, 6.07) is 28.3. The molecule has 4 atom stereocenters. The Morgan fingerprint density at radius 2 is 0.914 bits per heavy atom. The van der Waals surface area contributed by atoms with Gasteiger partial charge in [-0.05, 0) is 135 Å². The van der Waals surface area contributed by atoms with Crippen molar-refractivity contribution in [2.75, 3.05) is 0 Å². The minimum atomic E-state index is -4.24. The summed E-state index contributed by atoms with van der Waals surface area (Å²) in [6.07, 6.45) is 4.68. The Morgan fingerprint density at radius 3 is 1.24 bits per heavy atom. The van der Waals surface area contributed by atoms with Crippen molar-refractivity contribution in [3.8, 4) is 0 Å². The summed E-state index contributed by atoms with van der Waals surface area (Å²) in [5.41, 5.74) is 8.38. The van der Waals surface area contributed by atoms with E-state index in [1.54, 1.807) is 17.7 Å². The molecule has 0 amide bonds. The van der Waals surface area contributed by atoms with E-state index in [2.05, 4.69) is 111 Å². The molecule has 4 aromatic carbocycles. The number of allylic oxidation sites excluding steroid dienone is 4. The molecule has 58 heavy (non-hydrogen) atoms. The second-order valence-electron chi connectivity index (χ2n) is 15.1. The van der Waals surface area contributed by atoms with Gasteiger partial charge in [0.2, 0.25) is 0 Å². The van der Waals surface area contributed by atoms with Crippen molar-refractivity contribution in [2.45, 2.75) is 104 Å². The number of alkyl halides is 6.